The SMILES string of the molecule is CC(C)CS(=O)(=O)C1CN(C(=O)c2cc(-c3ccco3)[nH]n2)C1. The minimum absolute atomic E-state index is 0.0898. The van der Waals surface area contributed by atoms with Crippen LogP contribution in [0, 0.1) is 5.92 Å². The fraction of sp³-hybridized carbons (Fsp3) is 0.467. The monoisotopic (exact) mass is 337 g/mol. The number of amides is 1. The largest absolute Gasteiger partial charge is 0.463 e. The van der Waals surface area contributed by atoms with Gasteiger partial charge in [-0.3, -0.25) is 9.89 Å². The van der Waals surface area contributed by atoms with Gasteiger partial charge in [0.1, 0.15) is 5.69 Å². The minimum atomic E-state index is -3.14. The van der Waals surface area contributed by atoms with Crippen LogP contribution >= 0.6 is 0 Å². The molecule has 3 rings (SSSR count). The second kappa shape index (κ2) is 5.84. The molecule has 8 heteroatoms. The molecule has 0 aliphatic carbocycles. The molecule has 2 aromatic rings. The summed E-state index contributed by atoms with van der Waals surface area (Å²) in [5.74, 6) is 0.574. The molecule has 1 N–H and O–H groups in total. The zero-order valence-corrected chi connectivity index (χ0v) is 13.8. The summed E-state index contributed by atoms with van der Waals surface area (Å²) in [5, 5.41) is 6.27. The number of hydrogen-bond donors (Lipinski definition) is 1. The van der Waals surface area contributed by atoms with E-state index in [4.69, 9.17) is 4.42 Å². The number of aromatic nitrogens is 2. The van der Waals surface area contributed by atoms with E-state index in [1.54, 1.807) is 18.2 Å². The molecule has 0 saturated carbocycles. The molecule has 1 aliphatic rings. The molecular weight excluding hydrogens is 318 g/mol. The molecule has 0 atom stereocenters. The van der Waals surface area contributed by atoms with Crippen molar-refractivity contribution in [2.75, 3.05) is 18.8 Å². The first-order valence-electron chi connectivity index (χ1n) is 7.47. The standard InChI is InChI=1S/C15H19N3O4S/c1-10(2)9-23(20,21)11-7-18(8-11)15(19)13-6-12(16-17-13)14-4-3-5-22-14/h3-6,10-11H,7-9H2,1-2H3,(H,16,17). The summed E-state index contributed by atoms with van der Waals surface area (Å²) in [6.45, 7) is 4.21. The van der Waals surface area contributed by atoms with E-state index in [2.05, 4.69) is 10.2 Å². The molecule has 1 saturated heterocycles. The fourth-order valence-electron chi connectivity index (χ4n) is 2.58. The van der Waals surface area contributed by atoms with Gasteiger partial charge in [-0.2, -0.15) is 5.10 Å². The van der Waals surface area contributed by atoms with E-state index in [0.717, 1.165) is 0 Å². The molecule has 1 fully saturated rings. The van der Waals surface area contributed by atoms with Gasteiger partial charge in [-0.25, -0.2) is 8.42 Å². The summed E-state index contributed by atoms with van der Waals surface area (Å²) in [6, 6.07) is 5.12. The van der Waals surface area contributed by atoms with Crippen LogP contribution in [0.2, 0.25) is 0 Å². The minimum Gasteiger partial charge on any atom is -0.463 e. The molecule has 0 aromatic carbocycles. The van der Waals surface area contributed by atoms with Crippen LogP contribution in [0.25, 0.3) is 11.5 Å². The second-order valence-corrected chi connectivity index (χ2v) is 8.53. The van der Waals surface area contributed by atoms with Gasteiger partial charge in [0.2, 0.25) is 0 Å². The van der Waals surface area contributed by atoms with Crippen LogP contribution < -0.4 is 0 Å². The molecule has 1 amide bonds. The van der Waals surface area contributed by atoms with Crippen LogP contribution in [0.5, 0.6) is 0 Å². The summed E-state index contributed by atoms with van der Waals surface area (Å²) in [5.41, 5.74) is 0.874. The molecule has 0 spiro atoms. The van der Waals surface area contributed by atoms with Crippen molar-refractivity contribution in [1.29, 1.82) is 0 Å². The van der Waals surface area contributed by atoms with Crippen LogP contribution in [0.3, 0.4) is 0 Å². The van der Waals surface area contributed by atoms with Crippen molar-refractivity contribution >= 4 is 15.7 Å². The van der Waals surface area contributed by atoms with Crippen molar-refractivity contribution in [2.45, 2.75) is 19.1 Å². The van der Waals surface area contributed by atoms with Gasteiger partial charge >= 0.3 is 0 Å². The van der Waals surface area contributed by atoms with Gasteiger partial charge in [-0.05, 0) is 18.1 Å². The zero-order chi connectivity index (χ0) is 16.6. The summed E-state index contributed by atoms with van der Waals surface area (Å²) in [6.07, 6.45) is 1.54. The van der Waals surface area contributed by atoms with Crippen molar-refractivity contribution < 1.29 is 17.6 Å². The highest BCUT2D eigenvalue weighted by atomic mass is 32.2. The highest BCUT2D eigenvalue weighted by Gasteiger charge is 2.40. The first kappa shape index (κ1) is 15.8. The average Bonchev–Trinajstić information content (AvgIpc) is 3.06. The maximum absolute atomic E-state index is 12.3. The van der Waals surface area contributed by atoms with Crippen LogP contribution in [0.15, 0.2) is 28.9 Å². The molecule has 0 radical (unpaired) electrons. The first-order chi connectivity index (χ1) is 10.9. The Kier molecular flexibility index (Phi) is 4.01. The first-order valence-corrected chi connectivity index (χ1v) is 9.18. The molecule has 3 heterocycles. The Morgan fingerprint density at radius 3 is 2.83 bits per heavy atom. The second-order valence-electron chi connectivity index (χ2n) is 6.20. The Balaban J connectivity index is 1.63. The van der Waals surface area contributed by atoms with Crippen molar-refractivity contribution in [3.63, 3.8) is 0 Å². The van der Waals surface area contributed by atoms with Gasteiger partial charge in [0.25, 0.3) is 5.91 Å². The van der Waals surface area contributed by atoms with E-state index < -0.39 is 15.1 Å². The van der Waals surface area contributed by atoms with Gasteiger partial charge in [0.05, 0.1) is 17.3 Å². The third-order valence-electron chi connectivity index (χ3n) is 3.79. The van der Waals surface area contributed by atoms with E-state index in [-0.39, 0.29) is 36.4 Å². The third kappa shape index (κ3) is 3.17. The van der Waals surface area contributed by atoms with Gasteiger partial charge in [0, 0.05) is 19.2 Å². The van der Waals surface area contributed by atoms with Gasteiger partial charge in [-0.1, -0.05) is 13.8 Å². The van der Waals surface area contributed by atoms with Crippen molar-refractivity contribution in [3.8, 4) is 11.5 Å². The fourth-order valence-corrected chi connectivity index (χ4v) is 4.60. The molecule has 1 aliphatic heterocycles. The van der Waals surface area contributed by atoms with Crippen LogP contribution in [-0.2, 0) is 9.84 Å². The smallest absolute Gasteiger partial charge is 0.274 e. The van der Waals surface area contributed by atoms with E-state index in [0.29, 0.717) is 11.5 Å². The van der Waals surface area contributed by atoms with Crippen LogP contribution in [-0.4, -0.2) is 53.5 Å². The van der Waals surface area contributed by atoms with Crippen LogP contribution in [0.1, 0.15) is 24.3 Å². The van der Waals surface area contributed by atoms with Gasteiger partial charge in [0.15, 0.2) is 21.3 Å². The Labute approximate surface area is 134 Å². The lowest BCUT2D eigenvalue weighted by Crippen LogP contribution is -2.57. The Morgan fingerprint density at radius 2 is 2.22 bits per heavy atom. The van der Waals surface area contributed by atoms with Crippen molar-refractivity contribution in [1.82, 2.24) is 15.1 Å². The van der Waals surface area contributed by atoms with Gasteiger partial charge in [-0.15, -0.1) is 0 Å². The number of likely N-dealkylation sites (tertiary alicyclic amines) is 1. The van der Waals surface area contributed by atoms with E-state index >= 15 is 0 Å². The number of carbonyl (C=O) groups excluding carboxylic acids is 1. The average molecular weight is 337 g/mol. The number of H-pyrrole nitrogens is 1. The lowest BCUT2D eigenvalue weighted by molar-refractivity contribution is 0.0652. The van der Waals surface area contributed by atoms with E-state index in [1.807, 2.05) is 13.8 Å². The maximum atomic E-state index is 12.3. The number of hydrogen-bond acceptors (Lipinski definition) is 5. The highest BCUT2D eigenvalue weighted by Crippen LogP contribution is 2.23. The molecular formula is C15H19N3O4S. The predicted molar refractivity (Wildman–Crippen MR) is 84.6 cm³/mol. The van der Waals surface area contributed by atoms with Crippen molar-refractivity contribution in [3.05, 3.63) is 30.2 Å². The number of sulfone groups is 1. The normalized spacial score (nSPS) is 15.9. The molecule has 23 heavy (non-hydrogen) atoms. The number of rotatable bonds is 5. The van der Waals surface area contributed by atoms with Crippen molar-refractivity contribution in [2.24, 2.45) is 5.92 Å². The maximum Gasteiger partial charge on any atom is 0.274 e. The summed E-state index contributed by atoms with van der Waals surface area (Å²) in [4.78, 5) is 13.8. The number of carbonyl (C=O) groups is 1. The number of nitrogens with zero attached hydrogens (tertiary/aromatic N) is 2. The predicted octanol–water partition coefficient (Wildman–Crippen LogP) is 1.56. The molecule has 124 valence electrons. The lowest BCUT2D eigenvalue weighted by atomic mass is 10.2. The van der Waals surface area contributed by atoms with Gasteiger partial charge < -0.3 is 9.32 Å². The highest BCUT2D eigenvalue weighted by molar-refractivity contribution is 7.92. The number of nitrogens with one attached hydrogen (secondary N) is 1. The molecule has 2 aromatic heterocycles. The molecule has 0 unspecified atom stereocenters. The summed E-state index contributed by atoms with van der Waals surface area (Å²) >= 11 is 0. The van der Waals surface area contributed by atoms with E-state index in [9.17, 15) is 13.2 Å². The summed E-state index contributed by atoms with van der Waals surface area (Å²) in [7, 11) is -3.14. The zero-order valence-electron chi connectivity index (χ0n) is 13.0. The van der Waals surface area contributed by atoms with Crippen LogP contribution in [0.4, 0.5) is 0 Å². The lowest BCUT2D eigenvalue weighted by Gasteiger charge is -2.38. The van der Waals surface area contributed by atoms with E-state index in [1.165, 1.54) is 11.2 Å². The summed E-state index contributed by atoms with van der Waals surface area (Å²) < 4.78 is 29.5. The number of aromatic amines is 1. The third-order valence-corrected chi connectivity index (χ3v) is 6.24. The Morgan fingerprint density at radius 1 is 1.48 bits per heavy atom. The Hall–Kier alpha value is -2.09. The quantitative estimate of drug-likeness (QED) is 0.893. The topological polar surface area (TPSA) is 96.3 Å². The molecule has 0 bridgehead atoms. The Bertz CT molecular complexity index is 787. The molecule has 7 nitrogen and oxygen atoms in total. The number of furan rings is 1.